The zero-order valence-electron chi connectivity index (χ0n) is 29.8. The lowest BCUT2D eigenvalue weighted by Gasteiger charge is -2.29. The van der Waals surface area contributed by atoms with Gasteiger partial charge in [-0.25, -0.2) is 23.5 Å². The molecule has 1 saturated carbocycles. The molecule has 2 aliphatic heterocycles. The average molecular weight is 814 g/mol. The van der Waals surface area contributed by atoms with Crippen LogP contribution >= 0.6 is 15.9 Å². The maximum absolute atomic E-state index is 14.4. The highest BCUT2D eigenvalue weighted by atomic mass is 79.9. The lowest BCUT2D eigenvalue weighted by Crippen LogP contribution is -2.52. The summed E-state index contributed by atoms with van der Waals surface area (Å²) in [5.74, 6) is -5.11. The molecule has 12 nitrogen and oxygen atoms in total. The summed E-state index contributed by atoms with van der Waals surface area (Å²) in [6, 6.07) is 12.5. The lowest BCUT2D eigenvalue weighted by atomic mass is 9.91. The van der Waals surface area contributed by atoms with Gasteiger partial charge >= 0.3 is 18.0 Å². The Balaban J connectivity index is 1.33. The topological polar surface area (TPSA) is 157 Å². The van der Waals surface area contributed by atoms with Crippen LogP contribution in [-0.2, 0) is 23.9 Å². The summed E-state index contributed by atoms with van der Waals surface area (Å²) < 4.78 is 44.9. The number of halogens is 3. The van der Waals surface area contributed by atoms with Crippen molar-refractivity contribution < 1.29 is 47.3 Å². The summed E-state index contributed by atoms with van der Waals surface area (Å²) in [5, 5.41) is 11.3. The standard InChI is InChI=1S/C39H43BrF2N4O8/c1-2-52-36(50)38-19-25(38)12-6-4-3-5-7-16-30(45-37(51)53-23-39(41,42)22-47)35(49)46-21-27(18-31(46)32(48)20-38)54-34-33(24-11-10-13-26(40)17-24)43-28-14-8-9-15-29(28)44-34/h6,8-15,17,25,27,30-31,47H,2-5,7,16,18-23H2,1H3,(H,45,51)/b12-6-/t25-,27+,30-,31-,38+/m0/s1. The van der Waals surface area contributed by atoms with Crippen LogP contribution in [0.5, 0.6) is 5.88 Å². The van der Waals surface area contributed by atoms with Crippen LogP contribution in [0.4, 0.5) is 13.6 Å². The number of nitrogens with one attached hydrogen (secondary N) is 1. The van der Waals surface area contributed by atoms with E-state index in [1.165, 1.54) is 4.90 Å². The fourth-order valence-corrected chi connectivity index (χ4v) is 7.58. The highest BCUT2D eigenvalue weighted by Gasteiger charge is 2.61. The third kappa shape index (κ3) is 9.06. The summed E-state index contributed by atoms with van der Waals surface area (Å²) >= 11 is 3.51. The average Bonchev–Trinajstić information content (AvgIpc) is 3.69. The Morgan fingerprint density at radius 3 is 2.59 bits per heavy atom. The quantitative estimate of drug-likeness (QED) is 0.189. The Morgan fingerprint density at radius 2 is 1.85 bits per heavy atom. The first-order valence-corrected chi connectivity index (χ1v) is 19.0. The Hall–Kier alpha value is -4.50. The Bertz CT molecular complexity index is 1910. The number of amides is 2. The number of ketones is 1. The van der Waals surface area contributed by atoms with Gasteiger partial charge in [0.15, 0.2) is 12.4 Å². The molecule has 2 aromatic carbocycles. The van der Waals surface area contributed by atoms with Crippen LogP contribution < -0.4 is 10.1 Å². The van der Waals surface area contributed by atoms with Gasteiger partial charge < -0.3 is 29.5 Å². The number of aliphatic hydroxyl groups excluding tert-OH is 1. The number of aliphatic hydroxyl groups is 1. The molecule has 5 atom stereocenters. The second-order valence-electron chi connectivity index (χ2n) is 14.0. The summed E-state index contributed by atoms with van der Waals surface area (Å²) in [4.78, 5) is 65.9. The molecule has 3 heterocycles. The minimum Gasteiger partial charge on any atom is -0.471 e. The molecule has 2 N–H and O–H groups in total. The maximum Gasteiger partial charge on any atom is 0.407 e. The molecule has 1 aliphatic carbocycles. The van der Waals surface area contributed by atoms with E-state index >= 15 is 0 Å². The number of alkyl halides is 2. The minimum atomic E-state index is -3.66. The van der Waals surface area contributed by atoms with Crippen molar-refractivity contribution in [2.75, 3.05) is 26.4 Å². The second-order valence-corrected chi connectivity index (χ2v) is 15.0. The highest BCUT2D eigenvalue weighted by molar-refractivity contribution is 9.10. The molecule has 54 heavy (non-hydrogen) atoms. The van der Waals surface area contributed by atoms with E-state index < -0.39 is 60.7 Å². The Kier molecular flexibility index (Phi) is 12.3. The third-order valence-corrected chi connectivity index (χ3v) is 10.6. The number of esters is 1. The number of fused-ring (bicyclic) bond motifs is 3. The summed E-state index contributed by atoms with van der Waals surface area (Å²) in [7, 11) is 0. The van der Waals surface area contributed by atoms with Gasteiger partial charge in [-0.3, -0.25) is 14.4 Å². The van der Waals surface area contributed by atoms with E-state index in [-0.39, 0.29) is 50.0 Å². The van der Waals surface area contributed by atoms with E-state index in [0.29, 0.717) is 42.4 Å². The van der Waals surface area contributed by atoms with Crippen molar-refractivity contribution in [3.8, 4) is 17.1 Å². The van der Waals surface area contributed by atoms with E-state index in [1.807, 2.05) is 54.6 Å². The molecule has 288 valence electrons. The Morgan fingerprint density at radius 1 is 1.07 bits per heavy atom. The predicted octanol–water partition coefficient (Wildman–Crippen LogP) is 6.18. The van der Waals surface area contributed by atoms with Gasteiger partial charge in [-0.05, 0) is 62.8 Å². The van der Waals surface area contributed by atoms with Gasteiger partial charge in [-0.2, -0.15) is 0 Å². The molecule has 3 aliphatic rings. The number of alkyl carbamates (subject to hydrolysis) is 1. The number of Topliss-reactive ketones (excluding diaryl/α,β-unsaturated/α-hetero) is 1. The summed E-state index contributed by atoms with van der Waals surface area (Å²) in [6.45, 7) is -1.12. The first-order valence-electron chi connectivity index (χ1n) is 18.2. The number of nitrogens with zero attached hydrogens (tertiary/aromatic N) is 3. The molecule has 2 amide bonds. The number of hydrogen-bond donors (Lipinski definition) is 2. The molecule has 15 heteroatoms. The molecule has 6 rings (SSSR count). The predicted molar refractivity (Wildman–Crippen MR) is 197 cm³/mol. The van der Waals surface area contributed by atoms with E-state index in [9.17, 15) is 28.0 Å². The zero-order valence-corrected chi connectivity index (χ0v) is 31.4. The smallest absolute Gasteiger partial charge is 0.407 e. The molecular formula is C39H43BrF2N4O8. The largest absolute Gasteiger partial charge is 0.471 e. The fraction of sp³-hybridized carbons (Fsp3) is 0.487. The molecule has 1 saturated heterocycles. The molecule has 0 bridgehead atoms. The van der Waals surface area contributed by atoms with Crippen molar-refractivity contribution in [3.63, 3.8) is 0 Å². The van der Waals surface area contributed by atoms with Gasteiger partial charge in [0.2, 0.25) is 11.8 Å². The van der Waals surface area contributed by atoms with E-state index in [1.54, 1.807) is 13.0 Å². The van der Waals surface area contributed by atoms with E-state index in [0.717, 1.165) is 16.5 Å². The van der Waals surface area contributed by atoms with Crippen molar-refractivity contribution in [2.45, 2.75) is 82.4 Å². The summed E-state index contributed by atoms with van der Waals surface area (Å²) in [5.41, 5.74) is 1.32. The number of rotatable bonds is 9. The van der Waals surface area contributed by atoms with Gasteiger partial charge in [0.05, 0.1) is 35.6 Å². The van der Waals surface area contributed by atoms with Crippen LogP contribution in [0.25, 0.3) is 22.3 Å². The summed E-state index contributed by atoms with van der Waals surface area (Å²) in [6.07, 6.45) is 5.08. The number of allylic oxidation sites excluding steroid dienone is 2. The van der Waals surface area contributed by atoms with Crippen molar-refractivity contribution in [2.24, 2.45) is 11.3 Å². The van der Waals surface area contributed by atoms with Gasteiger partial charge in [0.1, 0.15) is 24.4 Å². The Labute approximate surface area is 319 Å². The number of aromatic nitrogens is 2. The van der Waals surface area contributed by atoms with Gasteiger partial charge in [0, 0.05) is 22.9 Å². The maximum atomic E-state index is 14.4. The lowest BCUT2D eigenvalue weighted by molar-refractivity contribution is -0.152. The van der Waals surface area contributed by atoms with Crippen LogP contribution in [0.2, 0.25) is 0 Å². The van der Waals surface area contributed by atoms with E-state index in [4.69, 9.17) is 24.5 Å². The highest BCUT2D eigenvalue weighted by Crippen LogP contribution is 2.57. The van der Waals surface area contributed by atoms with Crippen molar-refractivity contribution in [3.05, 3.63) is 65.2 Å². The first kappa shape index (κ1) is 39.2. The first-order chi connectivity index (χ1) is 25.9. The van der Waals surface area contributed by atoms with Crippen LogP contribution in [-0.4, -0.2) is 94.2 Å². The number of para-hydroxylation sites is 2. The molecule has 0 unspecified atom stereocenters. The molecule has 3 aromatic rings. The minimum absolute atomic E-state index is 0.0519. The SMILES string of the molecule is CCOC(=O)[C@]12CC(=O)[C@@H]3C[C@@H](Oc4nc5ccccc5nc4-c4cccc(Br)c4)CN3C(=O)[C@@H](NC(=O)OCC(F)(F)CO)CCCCC/C=C\[C@H]1C2. The molecular weight excluding hydrogens is 770 g/mol. The normalized spacial score (nSPS) is 25.5. The number of carbonyl (C=O) groups is 4. The number of benzene rings is 2. The number of hydrogen-bond acceptors (Lipinski definition) is 10. The second kappa shape index (κ2) is 16.9. The van der Waals surface area contributed by atoms with Gasteiger partial charge in [-0.1, -0.05) is 65.2 Å². The van der Waals surface area contributed by atoms with Crippen LogP contribution in [0.15, 0.2) is 65.2 Å². The van der Waals surface area contributed by atoms with Crippen LogP contribution in [0.1, 0.15) is 58.3 Å². The van der Waals surface area contributed by atoms with Gasteiger partial charge in [-0.15, -0.1) is 0 Å². The van der Waals surface area contributed by atoms with E-state index in [2.05, 4.69) is 26.0 Å². The van der Waals surface area contributed by atoms with Gasteiger partial charge in [0.25, 0.3) is 0 Å². The zero-order chi connectivity index (χ0) is 38.5. The van der Waals surface area contributed by atoms with Crippen molar-refractivity contribution in [1.29, 1.82) is 0 Å². The number of ether oxygens (including phenoxy) is 3. The van der Waals surface area contributed by atoms with Crippen LogP contribution in [0, 0.1) is 11.3 Å². The van der Waals surface area contributed by atoms with Crippen molar-refractivity contribution in [1.82, 2.24) is 20.2 Å². The molecule has 0 radical (unpaired) electrons. The molecule has 1 aromatic heterocycles. The van der Waals surface area contributed by atoms with Crippen LogP contribution in [0.3, 0.4) is 0 Å². The third-order valence-electron chi connectivity index (χ3n) is 10.1. The fourth-order valence-electron chi connectivity index (χ4n) is 7.18. The van der Waals surface area contributed by atoms with Crippen molar-refractivity contribution >= 4 is 50.7 Å². The molecule has 2 fully saturated rings. The number of carbonyl (C=O) groups excluding carboxylic acids is 4. The molecule has 0 spiro atoms. The monoisotopic (exact) mass is 812 g/mol.